The van der Waals surface area contributed by atoms with Gasteiger partial charge in [0.1, 0.15) is 5.01 Å². The zero-order chi connectivity index (χ0) is 12.4. The summed E-state index contributed by atoms with van der Waals surface area (Å²) in [5.74, 6) is 0. The Labute approximate surface area is 108 Å². The molecule has 0 aromatic carbocycles. The molecule has 0 amide bonds. The van der Waals surface area contributed by atoms with Crippen molar-refractivity contribution in [3.63, 3.8) is 0 Å². The van der Waals surface area contributed by atoms with Crippen LogP contribution in [0.4, 0.5) is 0 Å². The van der Waals surface area contributed by atoms with E-state index in [4.69, 9.17) is 5.73 Å². The fraction of sp³-hybridized carbons (Fsp3) is 0.769. The first-order valence-electron chi connectivity index (χ1n) is 6.45. The number of hydrogen-bond acceptors (Lipinski definition) is 4. The van der Waals surface area contributed by atoms with Crippen LogP contribution in [0, 0.1) is 13.8 Å². The first-order chi connectivity index (χ1) is 8.06. The second kappa shape index (κ2) is 5.46. The largest absolute Gasteiger partial charge is 0.328 e. The second-order valence-corrected chi connectivity index (χ2v) is 6.52. The lowest BCUT2D eigenvalue weighted by molar-refractivity contribution is 0.176. The predicted octanol–water partition coefficient (Wildman–Crippen LogP) is 2.46. The van der Waals surface area contributed by atoms with Gasteiger partial charge in [-0.3, -0.25) is 4.90 Å². The number of nitrogens with two attached hydrogens (primary N) is 1. The van der Waals surface area contributed by atoms with Crippen LogP contribution >= 0.6 is 11.3 Å². The molecule has 0 atom stereocenters. The maximum absolute atomic E-state index is 5.94. The lowest BCUT2D eigenvalue weighted by Gasteiger charge is -2.32. The molecule has 96 valence electrons. The summed E-state index contributed by atoms with van der Waals surface area (Å²) in [7, 11) is 2.22. The highest BCUT2D eigenvalue weighted by atomic mass is 32.1. The van der Waals surface area contributed by atoms with Crippen molar-refractivity contribution >= 4 is 11.3 Å². The second-order valence-electron chi connectivity index (χ2n) is 5.23. The van der Waals surface area contributed by atoms with Crippen molar-refractivity contribution in [2.75, 3.05) is 7.05 Å². The Morgan fingerprint density at radius 1 is 1.29 bits per heavy atom. The molecule has 0 radical (unpaired) electrons. The Bertz CT molecular complexity index is 347. The van der Waals surface area contributed by atoms with Gasteiger partial charge < -0.3 is 5.73 Å². The van der Waals surface area contributed by atoms with Crippen molar-refractivity contribution in [1.29, 1.82) is 0 Å². The Morgan fingerprint density at radius 2 is 1.94 bits per heavy atom. The third-order valence-corrected chi connectivity index (χ3v) is 4.88. The van der Waals surface area contributed by atoms with Crippen LogP contribution in [0.15, 0.2) is 0 Å². The molecule has 1 heterocycles. The van der Waals surface area contributed by atoms with E-state index >= 15 is 0 Å². The van der Waals surface area contributed by atoms with Crippen LogP contribution in [0.3, 0.4) is 0 Å². The van der Waals surface area contributed by atoms with Gasteiger partial charge in [-0.15, -0.1) is 11.3 Å². The summed E-state index contributed by atoms with van der Waals surface area (Å²) in [6.07, 6.45) is 4.82. The van der Waals surface area contributed by atoms with Gasteiger partial charge >= 0.3 is 0 Å². The van der Waals surface area contributed by atoms with E-state index in [-0.39, 0.29) is 0 Å². The Morgan fingerprint density at radius 3 is 2.47 bits per heavy atom. The van der Waals surface area contributed by atoms with Gasteiger partial charge in [-0.2, -0.15) is 0 Å². The van der Waals surface area contributed by atoms with Crippen molar-refractivity contribution in [2.24, 2.45) is 5.73 Å². The lowest BCUT2D eigenvalue weighted by Crippen LogP contribution is -2.38. The zero-order valence-electron chi connectivity index (χ0n) is 11.1. The van der Waals surface area contributed by atoms with Crippen molar-refractivity contribution in [3.8, 4) is 0 Å². The van der Waals surface area contributed by atoms with Gasteiger partial charge in [0.15, 0.2) is 0 Å². The maximum Gasteiger partial charge on any atom is 0.107 e. The predicted molar refractivity (Wildman–Crippen MR) is 73.3 cm³/mol. The molecule has 2 N–H and O–H groups in total. The van der Waals surface area contributed by atoms with Crippen molar-refractivity contribution in [1.82, 2.24) is 9.88 Å². The third kappa shape index (κ3) is 3.27. The number of thiazole rings is 1. The molecular weight excluding hydrogens is 230 g/mol. The highest BCUT2D eigenvalue weighted by molar-refractivity contribution is 7.11. The maximum atomic E-state index is 5.94. The molecule has 0 spiro atoms. The Balaban J connectivity index is 1.90. The van der Waals surface area contributed by atoms with E-state index in [0.29, 0.717) is 12.1 Å². The highest BCUT2D eigenvalue weighted by Crippen LogP contribution is 2.24. The van der Waals surface area contributed by atoms with E-state index in [1.807, 2.05) is 11.3 Å². The SMILES string of the molecule is Cc1nc(CN(C)C2CCC(N)CC2)sc1C. The number of aromatic nitrogens is 1. The molecule has 4 heteroatoms. The summed E-state index contributed by atoms with van der Waals surface area (Å²) in [5, 5.41) is 1.25. The molecule has 0 bridgehead atoms. The van der Waals surface area contributed by atoms with Crippen LogP contribution < -0.4 is 5.73 Å². The first kappa shape index (κ1) is 13.0. The van der Waals surface area contributed by atoms with Crippen LogP contribution in [0.25, 0.3) is 0 Å². The summed E-state index contributed by atoms with van der Waals surface area (Å²) in [6.45, 7) is 5.23. The number of rotatable bonds is 3. The van der Waals surface area contributed by atoms with Gasteiger partial charge in [0.2, 0.25) is 0 Å². The standard InChI is InChI=1S/C13H23N3S/c1-9-10(2)17-13(15-9)8-16(3)12-6-4-11(14)5-7-12/h11-12H,4-8,14H2,1-3H3. The fourth-order valence-electron chi connectivity index (χ4n) is 2.49. The van der Waals surface area contributed by atoms with Gasteiger partial charge in [-0.05, 0) is 46.6 Å². The summed E-state index contributed by atoms with van der Waals surface area (Å²) in [6, 6.07) is 1.13. The molecule has 1 saturated carbocycles. The molecule has 1 aliphatic carbocycles. The average molecular weight is 253 g/mol. The van der Waals surface area contributed by atoms with Crippen LogP contribution in [0.5, 0.6) is 0 Å². The van der Waals surface area contributed by atoms with Crippen molar-refractivity contribution < 1.29 is 0 Å². The molecule has 3 nitrogen and oxygen atoms in total. The number of aryl methyl sites for hydroxylation is 2. The van der Waals surface area contributed by atoms with Gasteiger partial charge in [0.05, 0.1) is 12.2 Å². The van der Waals surface area contributed by atoms with E-state index < -0.39 is 0 Å². The number of nitrogens with zero attached hydrogens (tertiary/aromatic N) is 2. The van der Waals surface area contributed by atoms with Crippen molar-refractivity contribution in [2.45, 2.75) is 58.2 Å². The quantitative estimate of drug-likeness (QED) is 0.900. The topological polar surface area (TPSA) is 42.2 Å². The molecule has 17 heavy (non-hydrogen) atoms. The molecule has 0 saturated heterocycles. The molecule has 1 aromatic rings. The zero-order valence-corrected chi connectivity index (χ0v) is 11.9. The van der Waals surface area contributed by atoms with Gasteiger partial charge in [0.25, 0.3) is 0 Å². The van der Waals surface area contributed by atoms with Gasteiger partial charge in [-0.1, -0.05) is 0 Å². The Kier molecular flexibility index (Phi) is 4.17. The Hall–Kier alpha value is -0.450. The van der Waals surface area contributed by atoms with Crippen LogP contribution in [-0.2, 0) is 6.54 Å². The van der Waals surface area contributed by atoms with Gasteiger partial charge in [0, 0.05) is 17.0 Å². The number of hydrogen-bond donors (Lipinski definition) is 1. The van der Waals surface area contributed by atoms with Crippen LogP contribution in [-0.4, -0.2) is 29.0 Å². The van der Waals surface area contributed by atoms with Crippen LogP contribution in [0.1, 0.15) is 41.3 Å². The molecule has 1 aromatic heterocycles. The summed E-state index contributed by atoms with van der Waals surface area (Å²) >= 11 is 1.83. The molecule has 0 unspecified atom stereocenters. The van der Waals surface area contributed by atoms with Gasteiger partial charge in [-0.25, -0.2) is 4.98 Å². The summed E-state index contributed by atoms with van der Waals surface area (Å²) in [5.41, 5.74) is 7.13. The minimum absolute atomic E-state index is 0.434. The van der Waals surface area contributed by atoms with E-state index in [1.54, 1.807) is 0 Å². The van der Waals surface area contributed by atoms with E-state index in [2.05, 4.69) is 30.8 Å². The first-order valence-corrected chi connectivity index (χ1v) is 7.26. The minimum Gasteiger partial charge on any atom is -0.328 e. The monoisotopic (exact) mass is 253 g/mol. The lowest BCUT2D eigenvalue weighted by atomic mass is 9.91. The fourth-order valence-corrected chi connectivity index (χ4v) is 3.49. The molecular formula is C13H23N3S. The summed E-state index contributed by atoms with van der Waals surface area (Å²) < 4.78 is 0. The minimum atomic E-state index is 0.434. The van der Waals surface area contributed by atoms with Crippen LogP contribution in [0.2, 0.25) is 0 Å². The highest BCUT2D eigenvalue weighted by Gasteiger charge is 2.22. The normalized spacial score (nSPS) is 25.5. The summed E-state index contributed by atoms with van der Waals surface area (Å²) in [4.78, 5) is 8.41. The molecule has 0 aliphatic heterocycles. The smallest absolute Gasteiger partial charge is 0.107 e. The van der Waals surface area contributed by atoms with E-state index in [0.717, 1.165) is 6.54 Å². The molecule has 1 aliphatic rings. The molecule has 1 fully saturated rings. The third-order valence-electron chi connectivity index (χ3n) is 3.82. The average Bonchev–Trinajstić information content (AvgIpc) is 2.58. The van der Waals surface area contributed by atoms with E-state index in [9.17, 15) is 0 Å². The van der Waals surface area contributed by atoms with E-state index in [1.165, 1.54) is 41.3 Å². The van der Waals surface area contributed by atoms with Crippen molar-refractivity contribution in [3.05, 3.63) is 15.6 Å². The molecule has 2 rings (SSSR count).